The number of halogens is 2. The number of piperazine rings is 1. The van der Waals surface area contributed by atoms with Gasteiger partial charge in [-0.3, -0.25) is 24.7 Å². The molecule has 0 unspecified atom stereocenters. The molecule has 3 aromatic heterocycles. The molecule has 10 rings (SSSR count). The molecule has 0 atom stereocenters. The molecule has 70 heavy (non-hydrogen) atoms. The number of nitro benzene ring substituents is 1. The number of amides is 1. The van der Waals surface area contributed by atoms with Crippen molar-refractivity contribution in [1.29, 1.82) is 0 Å². The first-order valence-corrected chi connectivity index (χ1v) is 26.0. The van der Waals surface area contributed by atoms with Gasteiger partial charge >= 0.3 is 0 Å². The van der Waals surface area contributed by atoms with E-state index in [-0.39, 0.29) is 36.1 Å². The Hall–Kier alpha value is -5.92. The maximum absolute atomic E-state index is 16.0. The van der Waals surface area contributed by atoms with E-state index in [4.69, 9.17) is 21.3 Å². The van der Waals surface area contributed by atoms with Gasteiger partial charge in [-0.25, -0.2) is 27.2 Å². The summed E-state index contributed by atoms with van der Waals surface area (Å²) in [6.45, 7) is 10.9. The molecule has 3 aromatic carbocycles. The molecule has 3 saturated heterocycles. The number of H-pyrrole nitrogens is 1. The molecular weight excluding hydrogens is 935 g/mol. The maximum Gasteiger partial charge on any atom is 0.293 e. The Kier molecular flexibility index (Phi) is 13.2. The van der Waals surface area contributed by atoms with E-state index < -0.39 is 37.1 Å². The topological polar surface area (TPSA) is 184 Å². The van der Waals surface area contributed by atoms with Crippen LogP contribution < -0.4 is 14.9 Å². The van der Waals surface area contributed by atoms with Gasteiger partial charge in [-0.15, -0.1) is 0 Å². The summed E-state index contributed by atoms with van der Waals surface area (Å²) in [7, 11) is -4.67. The first-order chi connectivity index (χ1) is 33.6. The molecular formula is C51H58ClFN10O6S. The lowest BCUT2D eigenvalue weighted by molar-refractivity contribution is -0.384. The molecule has 3 fully saturated rings. The Balaban J connectivity index is 0.873. The van der Waals surface area contributed by atoms with E-state index in [0.29, 0.717) is 67.8 Å². The highest BCUT2D eigenvalue weighted by atomic mass is 35.5. The zero-order chi connectivity index (χ0) is 48.8. The summed E-state index contributed by atoms with van der Waals surface area (Å²) in [5, 5.41) is 21.4. The van der Waals surface area contributed by atoms with Gasteiger partial charge in [0.15, 0.2) is 0 Å². The molecule has 6 heterocycles. The van der Waals surface area contributed by atoms with Crippen LogP contribution in [0.3, 0.4) is 0 Å². The number of carbonyl (C=O) groups excluding carboxylic acids is 1. The number of alkyl halides is 1. The minimum absolute atomic E-state index is 0.0101. The molecule has 19 heteroatoms. The van der Waals surface area contributed by atoms with Crippen LogP contribution in [0.1, 0.15) is 74.7 Å². The predicted octanol–water partition coefficient (Wildman–Crippen LogP) is 8.76. The van der Waals surface area contributed by atoms with Crippen molar-refractivity contribution in [2.45, 2.75) is 75.4 Å². The molecule has 3 N–H and O–H groups in total. The standard InChI is InChI=1S/C51H58ClFN10O6S/c1-50(2)15-11-36(42(30-50)34-3-5-37(52)6-4-34)32-59-21-23-61(24-22-59)39-7-9-41(45(28-39)62-46-27-35-12-18-54-48(35)57-44(46)31-56-62)49(64)58-70(67,68)40-8-10-43(47(29-40)63(65)66)55-33-51(53)16-19-60(20-17-51)38-13-25-69-26-14-38/h3-10,12,18,27-29,31,38,55H,11,13-17,19-26,30,32-33H2,1-2H3,(H,54,57)(H,58,64). The minimum atomic E-state index is -4.67. The molecule has 16 nitrogen and oxygen atoms in total. The van der Waals surface area contributed by atoms with E-state index in [1.165, 1.54) is 28.8 Å². The summed E-state index contributed by atoms with van der Waals surface area (Å²) in [5.41, 5.74) is 5.11. The third-order valence-corrected chi connectivity index (χ3v) is 16.3. The number of allylic oxidation sites excluding steroid dienone is 1. The van der Waals surface area contributed by atoms with Gasteiger partial charge in [-0.05, 0) is 116 Å². The van der Waals surface area contributed by atoms with E-state index in [9.17, 15) is 23.3 Å². The third kappa shape index (κ3) is 10.1. The number of piperidine rings is 1. The highest BCUT2D eigenvalue weighted by Gasteiger charge is 2.38. The van der Waals surface area contributed by atoms with Gasteiger partial charge in [0.2, 0.25) is 0 Å². The molecule has 6 aromatic rings. The van der Waals surface area contributed by atoms with E-state index in [2.05, 4.69) is 60.8 Å². The van der Waals surface area contributed by atoms with E-state index >= 15 is 4.39 Å². The Morgan fingerprint density at radius 2 is 1.73 bits per heavy atom. The number of aromatic amines is 1. The number of carbonyl (C=O) groups is 1. The van der Waals surface area contributed by atoms with Crippen LogP contribution >= 0.6 is 11.6 Å². The molecule has 1 amide bonds. The van der Waals surface area contributed by atoms with Crippen LogP contribution in [-0.4, -0.2) is 126 Å². The first kappa shape index (κ1) is 47.7. The lowest BCUT2D eigenvalue weighted by Crippen LogP contribution is -2.50. The van der Waals surface area contributed by atoms with Crippen molar-refractivity contribution in [2.24, 2.45) is 5.41 Å². The van der Waals surface area contributed by atoms with Crippen molar-refractivity contribution in [2.75, 3.05) is 75.8 Å². The number of anilines is 2. The SMILES string of the molecule is CC1(C)CCC(CN2CCN(c3ccc(C(=O)NS(=O)(=O)c4ccc(NCC5(F)CCN(C6CCOCC6)CC5)c([N+](=O)[O-])c4)c(-n4ncc5nc6[nH]ccc6cc54)c3)CC2)=C(c2ccc(Cl)cc2)C1. The number of rotatable bonds is 13. The van der Waals surface area contributed by atoms with Crippen molar-refractivity contribution < 1.29 is 27.3 Å². The zero-order valence-corrected chi connectivity index (χ0v) is 41.0. The van der Waals surface area contributed by atoms with Gasteiger partial charge in [-0.1, -0.05) is 43.2 Å². The number of nitrogens with zero attached hydrogens (tertiary/aromatic N) is 7. The van der Waals surface area contributed by atoms with Crippen LogP contribution in [-0.2, 0) is 14.8 Å². The van der Waals surface area contributed by atoms with Gasteiger partial charge in [0.1, 0.15) is 22.5 Å². The Labute approximate surface area is 411 Å². The van der Waals surface area contributed by atoms with E-state index in [1.54, 1.807) is 29.2 Å². The van der Waals surface area contributed by atoms with Crippen molar-refractivity contribution in [3.63, 3.8) is 0 Å². The minimum Gasteiger partial charge on any atom is -0.381 e. The molecule has 4 aliphatic rings. The van der Waals surface area contributed by atoms with Gasteiger partial charge in [0.05, 0.1) is 32.8 Å². The molecule has 1 aliphatic carbocycles. The van der Waals surface area contributed by atoms with Gasteiger partial charge in [0, 0.05) is 100.0 Å². The van der Waals surface area contributed by atoms with E-state index in [1.807, 2.05) is 30.3 Å². The van der Waals surface area contributed by atoms with Crippen LogP contribution in [0.15, 0.2) is 95.7 Å². The van der Waals surface area contributed by atoms with Gasteiger partial charge in [0.25, 0.3) is 21.6 Å². The maximum atomic E-state index is 16.0. The normalized spacial score (nSPS) is 19.5. The fourth-order valence-electron chi connectivity index (χ4n) is 10.6. The number of hydrogen-bond donors (Lipinski definition) is 3. The summed E-state index contributed by atoms with van der Waals surface area (Å²) in [6, 6.07) is 20.8. The molecule has 0 spiro atoms. The summed E-state index contributed by atoms with van der Waals surface area (Å²) >= 11 is 6.27. The number of nitro groups is 1. The monoisotopic (exact) mass is 992 g/mol. The van der Waals surface area contributed by atoms with Gasteiger partial charge in [-0.2, -0.15) is 5.10 Å². The molecule has 368 valence electrons. The number of pyridine rings is 1. The number of likely N-dealkylation sites (tertiary alicyclic amines) is 1. The van der Waals surface area contributed by atoms with Crippen molar-refractivity contribution in [3.8, 4) is 5.69 Å². The summed E-state index contributed by atoms with van der Waals surface area (Å²) < 4.78 is 53.2. The fraction of sp³-hybridized carbons (Fsp3) is 0.431. The van der Waals surface area contributed by atoms with E-state index in [0.717, 1.165) is 73.9 Å². The second kappa shape index (κ2) is 19.4. The second-order valence-corrected chi connectivity index (χ2v) is 22.1. The Morgan fingerprint density at radius 3 is 2.47 bits per heavy atom. The number of benzene rings is 3. The number of nitrogens with one attached hydrogen (secondary N) is 3. The lowest BCUT2D eigenvalue weighted by atomic mass is 9.72. The first-order valence-electron chi connectivity index (χ1n) is 24.1. The van der Waals surface area contributed by atoms with Crippen molar-refractivity contribution in [1.82, 2.24) is 34.3 Å². The smallest absolute Gasteiger partial charge is 0.293 e. The Bertz CT molecular complexity index is 3080. The molecule has 0 bridgehead atoms. The second-order valence-electron chi connectivity index (χ2n) is 20.0. The van der Waals surface area contributed by atoms with Crippen LogP contribution in [0.2, 0.25) is 5.02 Å². The number of sulfonamides is 1. The van der Waals surface area contributed by atoms with Crippen molar-refractivity contribution in [3.05, 3.63) is 117 Å². The van der Waals surface area contributed by atoms with Crippen LogP contribution in [0.25, 0.3) is 33.3 Å². The summed E-state index contributed by atoms with van der Waals surface area (Å²) in [5.74, 6) is -0.956. The Morgan fingerprint density at radius 1 is 0.971 bits per heavy atom. The number of ether oxygens (including phenoxy) is 1. The number of aromatic nitrogens is 4. The average Bonchev–Trinajstić information content (AvgIpc) is 4.00. The summed E-state index contributed by atoms with van der Waals surface area (Å²) in [6.07, 6.45) is 8.88. The average molecular weight is 994 g/mol. The third-order valence-electron chi connectivity index (χ3n) is 14.8. The van der Waals surface area contributed by atoms with Gasteiger partial charge < -0.3 is 19.9 Å². The van der Waals surface area contributed by atoms with Crippen molar-refractivity contribution >= 4 is 72.2 Å². The lowest BCUT2D eigenvalue weighted by Gasteiger charge is -2.41. The largest absolute Gasteiger partial charge is 0.381 e. The highest BCUT2D eigenvalue weighted by molar-refractivity contribution is 7.90. The number of hydrogen-bond acceptors (Lipinski definition) is 12. The molecule has 0 radical (unpaired) electrons. The fourth-order valence-corrected chi connectivity index (χ4v) is 11.7. The number of fused-ring (bicyclic) bond motifs is 2. The van der Waals surface area contributed by atoms with Crippen LogP contribution in [0.4, 0.5) is 21.5 Å². The molecule has 0 saturated carbocycles. The highest BCUT2D eigenvalue weighted by Crippen LogP contribution is 2.44. The predicted molar refractivity (Wildman–Crippen MR) is 270 cm³/mol. The van der Waals surface area contributed by atoms with Crippen LogP contribution in [0, 0.1) is 15.5 Å². The molecule has 3 aliphatic heterocycles. The quantitative estimate of drug-likeness (QED) is 0.0740. The summed E-state index contributed by atoms with van der Waals surface area (Å²) in [4.78, 5) is 40.3. The van der Waals surface area contributed by atoms with Crippen LogP contribution in [0.5, 0.6) is 0 Å². The zero-order valence-electron chi connectivity index (χ0n) is 39.4.